The topological polar surface area (TPSA) is 77.8 Å². The smallest absolute Gasteiger partial charge is 0.257 e. The fraction of sp³-hybridized carbons (Fsp3) is 0.100. The van der Waals surface area contributed by atoms with Crippen molar-refractivity contribution in [1.29, 1.82) is 0 Å². The quantitative estimate of drug-likeness (QED) is 0.697. The SMILES string of the molecule is Nc1ncc(SCc2nnc(-c3ccc(Br)s3)o2)s1. The molecule has 5 nitrogen and oxygen atoms in total. The maximum absolute atomic E-state index is 5.61. The fourth-order valence-electron chi connectivity index (χ4n) is 1.31. The van der Waals surface area contributed by atoms with E-state index in [1.165, 1.54) is 11.3 Å². The highest BCUT2D eigenvalue weighted by Gasteiger charge is 2.11. The number of nitrogen functional groups attached to an aromatic ring is 1. The summed E-state index contributed by atoms with van der Waals surface area (Å²) in [7, 11) is 0. The van der Waals surface area contributed by atoms with Crippen molar-refractivity contribution < 1.29 is 4.42 Å². The first-order valence-electron chi connectivity index (χ1n) is 5.13. The molecule has 9 heteroatoms. The third kappa shape index (κ3) is 3.16. The van der Waals surface area contributed by atoms with Crippen LogP contribution in [0.15, 0.2) is 30.7 Å². The van der Waals surface area contributed by atoms with E-state index in [2.05, 4.69) is 31.1 Å². The number of aromatic nitrogens is 3. The molecule has 0 aliphatic rings. The van der Waals surface area contributed by atoms with E-state index in [1.807, 2.05) is 12.1 Å². The van der Waals surface area contributed by atoms with Crippen molar-refractivity contribution in [3.63, 3.8) is 0 Å². The molecule has 0 atom stereocenters. The lowest BCUT2D eigenvalue weighted by molar-refractivity contribution is 0.529. The number of rotatable bonds is 4. The van der Waals surface area contributed by atoms with Gasteiger partial charge >= 0.3 is 0 Å². The Bertz CT molecular complexity index is 692. The van der Waals surface area contributed by atoms with Gasteiger partial charge in [0, 0.05) is 0 Å². The van der Waals surface area contributed by atoms with Gasteiger partial charge in [0.2, 0.25) is 5.89 Å². The summed E-state index contributed by atoms with van der Waals surface area (Å²) < 4.78 is 7.69. The second-order valence-corrected chi connectivity index (χ2v) is 8.21. The van der Waals surface area contributed by atoms with Gasteiger partial charge in [-0.05, 0) is 28.1 Å². The summed E-state index contributed by atoms with van der Waals surface area (Å²) in [6.45, 7) is 0. The number of nitrogens with zero attached hydrogens (tertiary/aromatic N) is 3. The number of thiazole rings is 1. The highest BCUT2D eigenvalue weighted by atomic mass is 79.9. The monoisotopic (exact) mass is 374 g/mol. The first kappa shape index (κ1) is 13.1. The largest absolute Gasteiger partial charge is 0.419 e. The Morgan fingerprint density at radius 1 is 1.32 bits per heavy atom. The van der Waals surface area contributed by atoms with Crippen LogP contribution in [-0.4, -0.2) is 15.2 Å². The maximum atomic E-state index is 5.61. The molecule has 3 aromatic heterocycles. The highest BCUT2D eigenvalue weighted by molar-refractivity contribution is 9.11. The van der Waals surface area contributed by atoms with Gasteiger partial charge in [-0.1, -0.05) is 11.3 Å². The van der Waals surface area contributed by atoms with Gasteiger partial charge < -0.3 is 10.2 Å². The Morgan fingerprint density at radius 2 is 2.21 bits per heavy atom. The minimum Gasteiger partial charge on any atom is -0.419 e. The van der Waals surface area contributed by atoms with E-state index >= 15 is 0 Å². The molecule has 0 unspecified atom stereocenters. The van der Waals surface area contributed by atoms with Crippen LogP contribution in [0.2, 0.25) is 0 Å². The molecule has 0 aliphatic carbocycles. The minimum absolute atomic E-state index is 0.551. The molecule has 2 N–H and O–H groups in total. The first-order valence-corrected chi connectivity index (χ1v) is 8.54. The van der Waals surface area contributed by atoms with E-state index in [0.717, 1.165) is 12.9 Å². The van der Waals surface area contributed by atoms with E-state index in [4.69, 9.17) is 10.2 Å². The van der Waals surface area contributed by atoms with Crippen molar-refractivity contribution >= 4 is 55.5 Å². The minimum atomic E-state index is 0.551. The van der Waals surface area contributed by atoms with Crippen molar-refractivity contribution in [2.75, 3.05) is 5.73 Å². The van der Waals surface area contributed by atoms with Crippen LogP contribution >= 0.6 is 50.4 Å². The molecular formula is C10H7BrN4OS3. The van der Waals surface area contributed by atoms with E-state index in [9.17, 15) is 0 Å². The Labute approximate surface area is 129 Å². The van der Waals surface area contributed by atoms with Gasteiger partial charge in [0.05, 0.1) is 24.8 Å². The van der Waals surface area contributed by atoms with Crippen LogP contribution in [0, 0.1) is 0 Å². The van der Waals surface area contributed by atoms with Crippen molar-refractivity contribution in [1.82, 2.24) is 15.2 Å². The van der Waals surface area contributed by atoms with Gasteiger partial charge in [-0.3, -0.25) is 0 Å². The molecule has 19 heavy (non-hydrogen) atoms. The third-order valence-electron chi connectivity index (χ3n) is 2.09. The van der Waals surface area contributed by atoms with Crippen LogP contribution in [0.25, 0.3) is 10.8 Å². The number of hydrogen-bond acceptors (Lipinski definition) is 8. The molecule has 3 rings (SSSR count). The van der Waals surface area contributed by atoms with Crippen LogP contribution in [0.1, 0.15) is 5.89 Å². The van der Waals surface area contributed by atoms with Gasteiger partial charge in [-0.2, -0.15) is 0 Å². The fourth-order valence-corrected chi connectivity index (χ4v) is 4.22. The second kappa shape index (κ2) is 5.61. The molecule has 0 aromatic carbocycles. The summed E-state index contributed by atoms with van der Waals surface area (Å²) in [6.07, 6.45) is 1.75. The molecule has 0 bridgehead atoms. The molecule has 0 radical (unpaired) electrons. The lowest BCUT2D eigenvalue weighted by atomic mass is 10.5. The molecule has 0 saturated carbocycles. The van der Waals surface area contributed by atoms with Crippen LogP contribution in [0.5, 0.6) is 0 Å². The highest BCUT2D eigenvalue weighted by Crippen LogP contribution is 2.32. The lowest BCUT2D eigenvalue weighted by Gasteiger charge is -1.91. The van der Waals surface area contributed by atoms with E-state index in [0.29, 0.717) is 22.7 Å². The maximum Gasteiger partial charge on any atom is 0.257 e. The molecule has 0 fully saturated rings. The lowest BCUT2D eigenvalue weighted by Crippen LogP contribution is -1.78. The summed E-state index contributed by atoms with van der Waals surface area (Å²) in [5, 5.41) is 8.64. The molecule has 0 aliphatic heterocycles. The van der Waals surface area contributed by atoms with Gasteiger partial charge in [-0.15, -0.1) is 33.3 Å². The summed E-state index contributed by atoms with van der Waals surface area (Å²) in [6, 6.07) is 3.90. The van der Waals surface area contributed by atoms with Crippen molar-refractivity contribution in [3.05, 3.63) is 28.0 Å². The Morgan fingerprint density at radius 3 is 2.89 bits per heavy atom. The standard InChI is InChI=1S/C10H7BrN4OS3/c11-6-2-1-5(18-6)9-15-14-7(16-9)4-17-8-3-13-10(12)19-8/h1-3H,4H2,(H2,12,13). The van der Waals surface area contributed by atoms with E-state index in [-0.39, 0.29) is 0 Å². The van der Waals surface area contributed by atoms with E-state index < -0.39 is 0 Å². The molecule has 3 aromatic rings. The van der Waals surface area contributed by atoms with Gasteiger partial charge in [-0.25, -0.2) is 4.98 Å². The summed E-state index contributed by atoms with van der Waals surface area (Å²) in [5.41, 5.74) is 5.57. The summed E-state index contributed by atoms with van der Waals surface area (Å²) in [4.78, 5) is 4.95. The summed E-state index contributed by atoms with van der Waals surface area (Å²) in [5.74, 6) is 1.76. The zero-order valence-corrected chi connectivity index (χ0v) is 13.4. The van der Waals surface area contributed by atoms with Gasteiger partial charge in [0.1, 0.15) is 0 Å². The van der Waals surface area contributed by atoms with Crippen LogP contribution in [0.4, 0.5) is 5.13 Å². The Balaban J connectivity index is 1.68. The number of hydrogen-bond donors (Lipinski definition) is 1. The molecule has 98 valence electrons. The molecule has 3 heterocycles. The number of anilines is 1. The number of halogens is 1. The molecule has 0 saturated heterocycles. The molecular weight excluding hydrogens is 368 g/mol. The molecule has 0 amide bonds. The Kier molecular flexibility index (Phi) is 3.87. The zero-order valence-electron chi connectivity index (χ0n) is 9.37. The van der Waals surface area contributed by atoms with Crippen molar-refractivity contribution in [2.45, 2.75) is 9.96 Å². The number of thioether (sulfide) groups is 1. The van der Waals surface area contributed by atoms with Crippen LogP contribution in [-0.2, 0) is 5.75 Å². The third-order valence-corrected chi connectivity index (χ3v) is 5.71. The number of nitrogens with two attached hydrogens (primary N) is 1. The first-order chi connectivity index (χ1) is 9.20. The van der Waals surface area contributed by atoms with Crippen molar-refractivity contribution in [3.8, 4) is 10.8 Å². The van der Waals surface area contributed by atoms with E-state index in [1.54, 1.807) is 29.3 Å². The van der Waals surface area contributed by atoms with Crippen LogP contribution < -0.4 is 5.73 Å². The van der Waals surface area contributed by atoms with Gasteiger partial charge in [0.15, 0.2) is 5.13 Å². The van der Waals surface area contributed by atoms with Crippen LogP contribution in [0.3, 0.4) is 0 Å². The average Bonchev–Trinajstić information content (AvgIpc) is 3.07. The second-order valence-electron chi connectivity index (χ2n) is 3.41. The Hall–Kier alpha value is -0.900. The number of thiophene rings is 1. The predicted molar refractivity (Wildman–Crippen MR) is 81.4 cm³/mol. The molecule has 0 spiro atoms. The summed E-state index contributed by atoms with van der Waals surface area (Å²) >= 11 is 8.00. The zero-order chi connectivity index (χ0) is 13.2. The van der Waals surface area contributed by atoms with Crippen molar-refractivity contribution in [2.24, 2.45) is 0 Å². The normalized spacial score (nSPS) is 11.0. The van der Waals surface area contributed by atoms with Gasteiger partial charge in [0.25, 0.3) is 5.89 Å². The average molecular weight is 375 g/mol. The predicted octanol–water partition coefficient (Wildman–Crippen LogP) is 3.89.